The molecule has 1 aromatic rings. The van der Waals surface area contributed by atoms with Crippen molar-refractivity contribution in [2.24, 2.45) is 11.7 Å². The molecule has 0 spiro atoms. The minimum Gasteiger partial charge on any atom is -0.322 e. The average Bonchev–Trinajstić information content (AvgIpc) is 2.24. The molecule has 0 aromatic heterocycles. The molecule has 0 saturated carbocycles. The molecule has 0 bridgehead atoms. The van der Waals surface area contributed by atoms with Crippen LogP contribution in [-0.4, -0.2) is 11.9 Å². The molecular formula is C12H16F2N2O. The van der Waals surface area contributed by atoms with Gasteiger partial charge in [-0.2, -0.15) is 0 Å². The summed E-state index contributed by atoms with van der Waals surface area (Å²) in [5.74, 6) is -1.84. The van der Waals surface area contributed by atoms with Gasteiger partial charge in [0.05, 0.1) is 11.7 Å². The van der Waals surface area contributed by atoms with Crippen molar-refractivity contribution in [3.63, 3.8) is 0 Å². The van der Waals surface area contributed by atoms with Gasteiger partial charge in [0.2, 0.25) is 5.91 Å². The fourth-order valence-electron chi connectivity index (χ4n) is 1.26. The number of halogens is 2. The molecule has 5 heteroatoms. The van der Waals surface area contributed by atoms with Crippen LogP contribution in [0, 0.1) is 24.5 Å². The van der Waals surface area contributed by atoms with E-state index in [1.165, 1.54) is 6.92 Å². The van der Waals surface area contributed by atoms with Crippen LogP contribution in [0.15, 0.2) is 12.1 Å². The second-order valence-electron chi connectivity index (χ2n) is 4.34. The molecule has 1 rings (SSSR count). The highest BCUT2D eigenvalue weighted by Crippen LogP contribution is 2.19. The minimum atomic E-state index is -0.751. The number of amides is 1. The Balaban J connectivity index is 2.89. The summed E-state index contributed by atoms with van der Waals surface area (Å²) in [6, 6.07) is 1.24. The van der Waals surface area contributed by atoms with E-state index in [4.69, 9.17) is 5.73 Å². The van der Waals surface area contributed by atoms with E-state index in [0.717, 1.165) is 12.1 Å². The van der Waals surface area contributed by atoms with Gasteiger partial charge in [-0.3, -0.25) is 4.79 Å². The lowest BCUT2D eigenvalue weighted by atomic mass is 10.0. The first-order valence-electron chi connectivity index (χ1n) is 5.35. The van der Waals surface area contributed by atoms with Gasteiger partial charge in [0.1, 0.15) is 11.6 Å². The zero-order chi connectivity index (χ0) is 13.2. The Labute approximate surface area is 99.0 Å². The van der Waals surface area contributed by atoms with Crippen LogP contribution in [0.3, 0.4) is 0 Å². The Bertz CT molecular complexity index is 433. The standard InChI is InChI=1S/C12H16F2N2O/c1-6(2)11(15)12(17)16-10-5-8(13)7(3)4-9(10)14/h4-6,11H,15H2,1-3H3,(H,16,17)/t11-/m1/s1. The highest BCUT2D eigenvalue weighted by molar-refractivity contribution is 5.94. The molecule has 0 aliphatic rings. The Morgan fingerprint density at radius 1 is 1.29 bits per heavy atom. The number of benzene rings is 1. The Morgan fingerprint density at radius 3 is 2.41 bits per heavy atom. The monoisotopic (exact) mass is 242 g/mol. The van der Waals surface area contributed by atoms with Crippen LogP contribution in [0.25, 0.3) is 0 Å². The maximum absolute atomic E-state index is 13.4. The summed E-state index contributed by atoms with van der Waals surface area (Å²) in [4.78, 5) is 11.6. The first kappa shape index (κ1) is 13.6. The molecule has 0 radical (unpaired) electrons. The van der Waals surface area contributed by atoms with E-state index in [1.54, 1.807) is 13.8 Å². The summed E-state index contributed by atoms with van der Waals surface area (Å²) in [7, 11) is 0. The van der Waals surface area contributed by atoms with Crippen molar-refractivity contribution in [1.82, 2.24) is 0 Å². The Kier molecular flexibility index (Phi) is 4.17. The summed E-state index contributed by atoms with van der Waals surface area (Å²) < 4.78 is 26.7. The van der Waals surface area contributed by atoms with Crippen molar-refractivity contribution in [2.75, 3.05) is 5.32 Å². The van der Waals surface area contributed by atoms with E-state index in [2.05, 4.69) is 5.32 Å². The van der Waals surface area contributed by atoms with Crippen molar-refractivity contribution in [2.45, 2.75) is 26.8 Å². The van der Waals surface area contributed by atoms with Crippen molar-refractivity contribution in [3.8, 4) is 0 Å². The van der Waals surface area contributed by atoms with Gasteiger partial charge >= 0.3 is 0 Å². The van der Waals surface area contributed by atoms with Crippen LogP contribution < -0.4 is 11.1 Å². The number of carbonyl (C=O) groups is 1. The van der Waals surface area contributed by atoms with Gasteiger partial charge in [0.25, 0.3) is 0 Å². The molecule has 17 heavy (non-hydrogen) atoms. The number of anilines is 1. The van der Waals surface area contributed by atoms with E-state index in [-0.39, 0.29) is 17.2 Å². The lowest BCUT2D eigenvalue weighted by molar-refractivity contribution is -0.118. The van der Waals surface area contributed by atoms with Crippen LogP contribution in [0.4, 0.5) is 14.5 Å². The molecule has 0 heterocycles. The van der Waals surface area contributed by atoms with Crippen molar-refractivity contribution in [1.29, 1.82) is 0 Å². The first-order chi connectivity index (χ1) is 7.82. The molecule has 0 saturated heterocycles. The second kappa shape index (κ2) is 5.23. The summed E-state index contributed by atoms with van der Waals surface area (Å²) in [6.45, 7) is 5.00. The van der Waals surface area contributed by atoms with Crippen LogP contribution in [0.1, 0.15) is 19.4 Å². The highest BCUT2D eigenvalue weighted by Gasteiger charge is 2.19. The van der Waals surface area contributed by atoms with E-state index in [0.29, 0.717) is 0 Å². The summed E-state index contributed by atoms with van der Waals surface area (Å²) >= 11 is 0. The lowest BCUT2D eigenvalue weighted by Gasteiger charge is -2.15. The van der Waals surface area contributed by atoms with Gasteiger partial charge in [-0.25, -0.2) is 8.78 Å². The molecule has 0 aliphatic heterocycles. The molecule has 3 N–H and O–H groups in total. The van der Waals surface area contributed by atoms with Gasteiger partial charge in [0, 0.05) is 6.07 Å². The van der Waals surface area contributed by atoms with E-state index < -0.39 is 23.6 Å². The fourth-order valence-corrected chi connectivity index (χ4v) is 1.26. The van der Waals surface area contributed by atoms with E-state index >= 15 is 0 Å². The number of hydrogen-bond donors (Lipinski definition) is 2. The van der Waals surface area contributed by atoms with Crippen LogP contribution >= 0.6 is 0 Å². The summed E-state index contributed by atoms with van der Waals surface area (Å²) in [5.41, 5.74) is 5.60. The van der Waals surface area contributed by atoms with E-state index in [1.807, 2.05) is 0 Å². The van der Waals surface area contributed by atoms with Crippen LogP contribution in [-0.2, 0) is 4.79 Å². The highest BCUT2D eigenvalue weighted by atomic mass is 19.1. The molecular weight excluding hydrogens is 226 g/mol. The number of nitrogens with one attached hydrogen (secondary N) is 1. The minimum absolute atomic E-state index is 0.0756. The average molecular weight is 242 g/mol. The number of aryl methyl sites for hydroxylation is 1. The second-order valence-corrected chi connectivity index (χ2v) is 4.34. The fraction of sp³-hybridized carbons (Fsp3) is 0.417. The van der Waals surface area contributed by atoms with Crippen molar-refractivity contribution in [3.05, 3.63) is 29.3 Å². The third kappa shape index (κ3) is 3.23. The van der Waals surface area contributed by atoms with Gasteiger partial charge in [0.15, 0.2) is 0 Å². The summed E-state index contributed by atoms with van der Waals surface area (Å²) in [6.07, 6.45) is 0. The Morgan fingerprint density at radius 2 is 1.88 bits per heavy atom. The zero-order valence-corrected chi connectivity index (χ0v) is 10.1. The zero-order valence-electron chi connectivity index (χ0n) is 10.1. The Hall–Kier alpha value is -1.49. The summed E-state index contributed by atoms with van der Waals surface area (Å²) in [5, 5.41) is 2.28. The molecule has 3 nitrogen and oxygen atoms in total. The maximum Gasteiger partial charge on any atom is 0.241 e. The quantitative estimate of drug-likeness (QED) is 0.853. The molecule has 0 unspecified atom stereocenters. The van der Waals surface area contributed by atoms with Crippen LogP contribution in [0.5, 0.6) is 0 Å². The third-order valence-electron chi connectivity index (χ3n) is 2.53. The SMILES string of the molecule is Cc1cc(F)c(NC(=O)[C@H](N)C(C)C)cc1F. The number of rotatable bonds is 3. The maximum atomic E-state index is 13.4. The molecule has 1 amide bonds. The largest absolute Gasteiger partial charge is 0.322 e. The lowest BCUT2D eigenvalue weighted by Crippen LogP contribution is -2.39. The van der Waals surface area contributed by atoms with Gasteiger partial charge in [-0.15, -0.1) is 0 Å². The normalized spacial score (nSPS) is 12.6. The topological polar surface area (TPSA) is 55.1 Å². The number of carbonyl (C=O) groups excluding carboxylic acids is 1. The van der Waals surface area contributed by atoms with Gasteiger partial charge in [-0.05, 0) is 24.5 Å². The predicted octanol–water partition coefficient (Wildman–Crippen LogP) is 2.20. The van der Waals surface area contributed by atoms with Crippen molar-refractivity contribution < 1.29 is 13.6 Å². The predicted molar refractivity (Wildman–Crippen MR) is 62.5 cm³/mol. The molecule has 1 aromatic carbocycles. The van der Waals surface area contributed by atoms with Crippen molar-refractivity contribution >= 4 is 11.6 Å². The molecule has 0 fully saturated rings. The molecule has 0 aliphatic carbocycles. The van der Waals surface area contributed by atoms with Gasteiger partial charge < -0.3 is 11.1 Å². The third-order valence-corrected chi connectivity index (χ3v) is 2.53. The smallest absolute Gasteiger partial charge is 0.241 e. The molecule has 94 valence electrons. The number of hydrogen-bond acceptors (Lipinski definition) is 2. The first-order valence-corrected chi connectivity index (χ1v) is 5.35. The number of nitrogens with two attached hydrogens (primary N) is 1. The van der Waals surface area contributed by atoms with Crippen LogP contribution in [0.2, 0.25) is 0 Å². The van der Waals surface area contributed by atoms with E-state index in [9.17, 15) is 13.6 Å². The molecule has 1 atom stereocenters. The van der Waals surface area contributed by atoms with Gasteiger partial charge in [-0.1, -0.05) is 13.8 Å².